The molecule has 0 amide bonds. The zero-order valence-corrected chi connectivity index (χ0v) is 8.55. The Kier molecular flexibility index (Phi) is 6.19. The summed E-state index contributed by atoms with van der Waals surface area (Å²) < 4.78 is 15.7. The molecule has 0 fully saturated rings. The second-order valence-corrected chi connectivity index (χ2v) is 2.39. The van der Waals surface area contributed by atoms with E-state index in [-0.39, 0.29) is 0 Å². The number of carboxylic acid groups (broad SMARTS) is 2. The second-order valence-electron chi connectivity index (χ2n) is 2.14. The fourth-order valence-corrected chi connectivity index (χ4v) is 0.769. The number of carbonyl (C=O) groups excluding carboxylic acids is 1. The zero-order chi connectivity index (χ0) is 11.8. The molecule has 0 radical (unpaired) electrons. The van der Waals surface area contributed by atoms with Gasteiger partial charge in [-0.2, -0.15) is 0 Å². The molecule has 9 heteroatoms. The molecule has 0 saturated heterocycles. The Hall–Kier alpha value is -1.51. The van der Waals surface area contributed by atoms with Crippen LogP contribution in [0.3, 0.4) is 0 Å². The van der Waals surface area contributed by atoms with Crippen molar-refractivity contribution in [3.05, 3.63) is 12.4 Å². The van der Waals surface area contributed by atoms with Gasteiger partial charge in [0.25, 0.3) is 0 Å². The van der Waals surface area contributed by atoms with E-state index in [0.717, 1.165) is 6.20 Å². The number of carbonyl (C=O) groups is 2. The van der Waals surface area contributed by atoms with Crippen molar-refractivity contribution in [1.29, 1.82) is 0 Å². The molecule has 0 bridgehead atoms. The molecule has 3 N–H and O–H groups in total. The summed E-state index contributed by atoms with van der Waals surface area (Å²) in [5.41, 5.74) is -0.523. The second kappa shape index (κ2) is 6.88. The number of carboxylic acids is 2. The van der Waals surface area contributed by atoms with Gasteiger partial charge in [-0.3, -0.25) is 4.99 Å². The molecule has 1 aliphatic heterocycles. The van der Waals surface area contributed by atoms with Gasteiger partial charge < -0.3 is 20.3 Å². The fourth-order valence-electron chi connectivity index (χ4n) is 0.769. The summed E-state index contributed by atoms with van der Waals surface area (Å²) in [5.74, 6) is -2.89. The molecule has 0 aliphatic carbocycles. The van der Waals surface area contributed by atoms with Crippen molar-refractivity contribution in [2.45, 2.75) is 6.04 Å². The van der Waals surface area contributed by atoms with E-state index in [0.29, 0.717) is 0 Å². The first-order valence-electron chi connectivity index (χ1n) is 3.44. The molecule has 0 aromatic heterocycles. The average molecular weight is 253 g/mol. The third-order valence-corrected chi connectivity index (χ3v) is 1.28. The van der Waals surface area contributed by atoms with Gasteiger partial charge in [0.2, 0.25) is 0 Å². The van der Waals surface area contributed by atoms with Gasteiger partial charge >= 0.3 is 30.3 Å². The summed E-state index contributed by atoms with van der Waals surface area (Å²) in [6, 6.07) is -1.32. The van der Waals surface area contributed by atoms with Gasteiger partial charge in [-0.25, -0.2) is 4.79 Å². The summed E-state index contributed by atoms with van der Waals surface area (Å²) in [6.45, 7) is 0. The van der Waals surface area contributed by atoms with E-state index in [1.807, 2.05) is 0 Å². The van der Waals surface area contributed by atoms with Crippen molar-refractivity contribution in [1.82, 2.24) is 5.32 Å². The maximum absolute atomic E-state index is 10.4. The normalized spacial score (nSPS) is 17.7. The molecule has 0 spiro atoms. The number of hydrogen-bond acceptors (Lipinski definition) is 6. The van der Waals surface area contributed by atoms with Crippen LogP contribution in [-0.4, -0.2) is 32.8 Å². The average Bonchev–Trinajstić information content (AvgIpc) is 2.19. The minimum atomic E-state index is -1.58. The molecule has 0 aromatic carbocycles. The Morgan fingerprint density at radius 2 is 2.13 bits per heavy atom. The van der Waals surface area contributed by atoms with E-state index in [1.165, 1.54) is 6.20 Å². The summed E-state index contributed by atoms with van der Waals surface area (Å²) >= 11 is -1.56. The third kappa shape index (κ3) is 4.50. The predicted octanol–water partition coefficient (Wildman–Crippen LogP) is -2.97. The molecule has 1 atom stereocenters. The first kappa shape index (κ1) is 13.5. The summed E-state index contributed by atoms with van der Waals surface area (Å²) in [5, 5.41) is 21.1. The topological polar surface area (TPSA) is 139 Å². The number of nitrogens with zero attached hydrogens (tertiary/aromatic N) is 1. The van der Waals surface area contributed by atoms with Crippen LogP contribution >= 0.6 is 0 Å². The first-order chi connectivity index (χ1) is 7.04. The number of rotatable bonds is 2. The van der Waals surface area contributed by atoms with E-state index in [1.54, 1.807) is 0 Å². The van der Waals surface area contributed by atoms with Crippen LogP contribution in [0.25, 0.3) is 0 Å². The van der Waals surface area contributed by atoms with Crippen LogP contribution in [-0.2, 0) is 29.9 Å². The molecule has 1 aliphatic rings. The molecule has 15 heavy (non-hydrogen) atoms. The monoisotopic (exact) mass is 253 g/mol. The Labute approximate surface area is 91.0 Å². The van der Waals surface area contributed by atoms with Crippen LogP contribution in [0.1, 0.15) is 0 Å². The van der Waals surface area contributed by atoms with Crippen LogP contribution in [0.2, 0.25) is 0 Å². The van der Waals surface area contributed by atoms with E-state index in [9.17, 15) is 14.7 Å². The first-order valence-corrected chi connectivity index (χ1v) is 4.63. The molecule has 0 saturated carbocycles. The van der Waals surface area contributed by atoms with Crippen molar-refractivity contribution in [2.75, 3.05) is 0 Å². The number of hydrogen-bond donors (Lipinski definition) is 3. The Bertz CT molecular complexity index is 326. The SMILES string of the molecule is O=C([O-])C1=NC=CNC1C(=O)O.[O]=[V][OH]. The molecular formula is C6H6N2O6V-. The van der Waals surface area contributed by atoms with Crippen molar-refractivity contribution in [3.63, 3.8) is 0 Å². The van der Waals surface area contributed by atoms with Gasteiger partial charge in [-0.05, 0) is 0 Å². The quantitative estimate of drug-likeness (QED) is 0.477. The molecule has 82 valence electrons. The van der Waals surface area contributed by atoms with Gasteiger partial charge in [-0.1, -0.05) is 0 Å². The van der Waals surface area contributed by atoms with Crippen molar-refractivity contribution >= 4 is 17.7 Å². The Morgan fingerprint density at radius 1 is 1.60 bits per heavy atom. The van der Waals surface area contributed by atoms with Crippen LogP contribution in [0.4, 0.5) is 0 Å². The van der Waals surface area contributed by atoms with Gasteiger partial charge in [0.05, 0.1) is 11.7 Å². The van der Waals surface area contributed by atoms with Crippen LogP contribution < -0.4 is 10.4 Å². The van der Waals surface area contributed by atoms with E-state index in [2.05, 4.69) is 10.3 Å². The predicted molar refractivity (Wildman–Crippen MR) is 39.0 cm³/mol. The van der Waals surface area contributed by atoms with E-state index in [4.69, 9.17) is 12.8 Å². The molecular weight excluding hydrogens is 247 g/mol. The molecule has 1 unspecified atom stereocenters. The van der Waals surface area contributed by atoms with Crippen molar-refractivity contribution < 1.29 is 44.1 Å². The van der Waals surface area contributed by atoms with Gasteiger partial charge in [0, 0.05) is 12.4 Å². The Morgan fingerprint density at radius 3 is 2.47 bits per heavy atom. The van der Waals surface area contributed by atoms with Gasteiger partial charge in [0.1, 0.15) is 0 Å². The number of aliphatic imine (C=N–C) groups is 1. The summed E-state index contributed by atoms with van der Waals surface area (Å²) in [6.07, 6.45) is 2.41. The van der Waals surface area contributed by atoms with Crippen LogP contribution in [0.15, 0.2) is 17.4 Å². The van der Waals surface area contributed by atoms with E-state index >= 15 is 0 Å². The van der Waals surface area contributed by atoms with Gasteiger partial charge in [0.15, 0.2) is 6.04 Å². The minimum absolute atomic E-state index is 0.523. The third-order valence-electron chi connectivity index (χ3n) is 1.28. The maximum atomic E-state index is 10.4. The number of nitrogens with one attached hydrogen (secondary N) is 1. The molecule has 0 aromatic rings. The van der Waals surface area contributed by atoms with Crippen LogP contribution in [0.5, 0.6) is 0 Å². The molecule has 1 rings (SSSR count). The fraction of sp³-hybridized carbons (Fsp3) is 0.167. The zero-order valence-electron chi connectivity index (χ0n) is 7.15. The summed E-state index contributed by atoms with van der Waals surface area (Å²) in [4.78, 5) is 24.1. The van der Waals surface area contributed by atoms with Crippen molar-refractivity contribution in [3.8, 4) is 0 Å². The standard InChI is InChI=1S/C6H6N2O4.H2O.O.V/c9-5(10)3-4(6(11)12)8-2-1-7-3;;;/h1-3,7H,(H,9,10)(H,11,12);1H2;;/q;;;+1/p-2. The summed E-state index contributed by atoms with van der Waals surface area (Å²) in [7, 11) is 0. The van der Waals surface area contributed by atoms with Crippen molar-refractivity contribution in [2.24, 2.45) is 4.99 Å². The molecule has 8 nitrogen and oxygen atoms in total. The van der Waals surface area contributed by atoms with Crippen LogP contribution in [0, 0.1) is 0 Å². The Balaban J connectivity index is 0.000000583. The molecule has 1 heterocycles. The van der Waals surface area contributed by atoms with E-state index < -0.39 is 40.3 Å². The number of aliphatic carboxylic acids is 2. The van der Waals surface area contributed by atoms with Gasteiger partial charge in [-0.15, -0.1) is 0 Å².